The number of carbonyl (C=O) groups excluding carboxylic acids is 1. The molecule has 138 valence electrons. The summed E-state index contributed by atoms with van der Waals surface area (Å²) in [7, 11) is -4.03. The van der Waals surface area contributed by atoms with Gasteiger partial charge in [0.25, 0.3) is 15.7 Å². The molecule has 2 aromatic carbocycles. The molecule has 0 saturated heterocycles. The molecule has 0 amide bonds. The number of nitro groups is 1. The number of non-ortho nitro benzene ring substituents is 1. The fraction of sp³-hybridized carbons (Fsp3) is 0.188. The van der Waals surface area contributed by atoms with Crippen LogP contribution in [0.25, 0.3) is 0 Å². The Morgan fingerprint density at radius 2 is 1.81 bits per heavy atom. The molecule has 0 aliphatic heterocycles. The molecule has 0 aromatic heterocycles. The molecule has 26 heavy (non-hydrogen) atoms. The van der Waals surface area contributed by atoms with E-state index in [9.17, 15) is 23.3 Å². The topological polar surface area (TPSA) is 139 Å². The van der Waals surface area contributed by atoms with Crippen molar-refractivity contribution in [3.63, 3.8) is 0 Å². The lowest BCUT2D eigenvalue weighted by Gasteiger charge is -2.14. The third-order valence-corrected chi connectivity index (χ3v) is 4.84. The third kappa shape index (κ3) is 4.55. The fourth-order valence-corrected chi connectivity index (χ4v) is 3.22. The smallest absolute Gasteiger partial charge is 0.271 e. The number of ketones is 1. The van der Waals surface area contributed by atoms with Gasteiger partial charge in [-0.2, -0.15) is 0 Å². The Morgan fingerprint density at radius 1 is 1.15 bits per heavy atom. The Bertz CT molecular complexity index is 926. The summed E-state index contributed by atoms with van der Waals surface area (Å²) in [5.41, 5.74) is 0.339. The number of rotatable bonds is 8. The highest BCUT2D eigenvalue weighted by Crippen LogP contribution is 2.29. The first-order valence-corrected chi connectivity index (χ1v) is 9.00. The van der Waals surface area contributed by atoms with Gasteiger partial charge in [0.1, 0.15) is 0 Å². The van der Waals surface area contributed by atoms with Gasteiger partial charge in [-0.1, -0.05) is 12.1 Å². The van der Waals surface area contributed by atoms with Gasteiger partial charge in [-0.25, -0.2) is 8.42 Å². The zero-order chi connectivity index (χ0) is 19.3. The maximum atomic E-state index is 12.5. The summed E-state index contributed by atoms with van der Waals surface area (Å²) in [4.78, 5) is 21.5. The van der Waals surface area contributed by atoms with Crippen molar-refractivity contribution in [2.24, 2.45) is 0 Å². The van der Waals surface area contributed by atoms with Gasteiger partial charge in [0.2, 0.25) is 0 Å². The van der Waals surface area contributed by atoms with Crippen LogP contribution in [0.3, 0.4) is 0 Å². The summed E-state index contributed by atoms with van der Waals surface area (Å²) in [6.45, 7) is 1.31. The van der Waals surface area contributed by atoms with Gasteiger partial charge >= 0.3 is 0 Å². The first-order valence-electron chi connectivity index (χ1n) is 7.51. The van der Waals surface area contributed by atoms with Crippen molar-refractivity contribution in [2.75, 3.05) is 23.2 Å². The number of hydrogen-bond donors (Lipinski definition) is 3. The van der Waals surface area contributed by atoms with Crippen LogP contribution in [0.1, 0.15) is 17.3 Å². The van der Waals surface area contributed by atoms with E-state index in [1.54, 1.807) is 0 Å². The monoisotopic (exact) mass is 379 g/mol. The molecule has 0 spiro atoms. The van der Waals surface area contributed by atoms with Gasteiger partial charge in [-0.3, -0.25) is 19.6 Å². The summed E-state index contributed by atoms with van der Waals surface area (Å²) in [5, 5.41) is 22.6. The lowest BCUT2D eigenvalue weighted by molar-refractivity contribution is -0.384. The molecule has 0 radical (unpaired) electrons. The molecular formula is C16H17N3O6S. The molecule has 2 rings (SSSR count). The van der Waals surface area contributed by atoms with E-state index < -0.39 is 14.9 Å². The van der Waals surface area contributed by atoms with Crippen molar-refractivity contribution in [1.29, 1.82) is 0 Å². The first-order chi connectivity index (χ1) is 12.2. The van der Waals surface area contributed by atoms with Crippen molar-refractivity contribution in [1.82, 2.24) is 0 Å². The molecule has 0 unspecified atom stereocenters. The number of carbonyl (C=O) groups is 1. The Morgan fingerprint density at radius 3 is 2.35 bits per heavy atom. The molecule has 9 nitrogen and oxygen atoms in total. The summed E-state index contributed by atoms with van der Waals surface area (Å²) in [6, 6.07) is 8.98. The highest BCUT2D eigenvalue weighted by molar-refractivity contribution is 7.92. The Kier molecular flexibility index (Phi) is 5.90. The van der Waals surface area contributed by atoms with Crippen LogP contribution >= 0.6 is 0 Å². The van der Waals surface area contributed by atoms with Crippen molar-refractivity contribution >= 4 is 32.9 Å². The average molecular weight is 379 g/mol. The van der Waals surface area contributed by atoms with E-state index >= 15 is 0 Å². The molecule has 0 heterocycles. The molecule has 0 fully saturated rings. The second-order valence-corrected chi connectivity index (χ2v) is 7.01. The zero-order valence-corrected chi connectivity index (χ0v) is 14.6. The number of aliphatic hydroxyl groups excluding tert-OH is 1. The predicted molar refractivity (Wildman–Crippen MR) is 95.9 cm³/mol. The van der Waals surface area contributed by atoms with Crippen LogP contribution in [0.5, 0.6) is 0 Å². The molecule has 10 heteroatoms. The lowest BCUT2D eigenvalue weighted by Crippen LogP contribution is -2.16. The number of nitrogens with zero attached hydrogens (tertiary/aromatic N) is 1. The Labute approximate surface area is 149 Å². The Hall–Kier alpha value is -2.98. The van der Waals surface area contributed by atoms with Crippen LogP contribution in [0.4, 0.5) is 17.1 Å². The average Bonchev–Trinajstić information content (AvgIpc) is 2.60. The largest absolute Gasteiger partial charge is 0.395 e. The molecule has 2 aromatic rings. The molecule has 0 aliphatic carbocycles. The van der Waals surface area contributed by atoms with Crippen molar-refractivity contribution in [3.05, 3.63) is 58.1 Å². The second kappa shape index (κ2) is 7.93. The first kappa shape index (κ1) is 19.3. The van der Waals surface area contributed by atoms with Crippen LogP contribution in [0.2, 0.25) is 0 Å². The minimum absolute atomic E-state index is 0.0247. The normalized spacial score (nSPS) is 11.0. The van der Waals surface area contributed by atoms with Crippen LogP contribution < -0.4 is 10.0 Å². The molecule has 0 atom stereocenters. The quantitative estimate of drug-likeness (QED) is 0.362. The number of aliphatic hydroxyl groups is 1. The number of Topliss-reactive ketones (excluding diaryl/α,β-unsaturated/α-hetero) is 1. The minimum Gasteiger partial charge on any atom is -0.395 e. The fourth-order valence-electron chi connectivity index (χ4n) is 2.15. The Balaban J connectivity index is 2.38. The summed E-state index contributed by atoms with van der Waals surface area (Å²) < 4.78 is 27.4. The van der Waals surface area contributed by atoms with Gasteiger partial charge < -0.3 is 10.4 Å². The van der Waals surface area contributed by atoms with Gasteiger partial charge in [0.15, 0.2) is 5.78 Å². The van der Waals surface area contributed by atoms with E-state index in [1.165, 1.54) is 43.3 Å². The third-order valence-electron chi connectivity index (χ3n) is 3.46. The molecular weight excluding hydrogens is 362 g/mol. The highest BCUT2D eigenvalue weighted by atomic mass is 32.2. The number of sulfonamides is 1. The van der Waals surface area contributed by atoms with Gasteiger partial charge in [0.05, 0.1) is 27.8 Å². The predicted octanol–water partition coefficient (Wildman–Crippen LogP) is 2.00. The number of nitrogens with one attached hydrogen (secondary N) is 2. The van der Waals surface area contributed by atoms with E-state index in [0.29, 0.717) is 5.56 Å². The molecule has 0 aliphatic rings. The highest BCUT2D eigenvalue weighted by Gasteiger charge is 2.19. The van der Waals surface area contributed by atoms with Crippen LogP contribution in [-0.2, 0) is 10.0 Å². The van der Waals surface area contributed by atoms with Gasteiger partial charge in [-0.15, -0.1) is 0 Å². The molecule has 3 N–H and O–H groups in total. The van der Waals surface area contributed by atoms with Crippen molar-refractivity contribution in [2.45, 2.75) is 11.8 Å². The van der Waals surface area contributed by atoms with Gasteiger partial charge in [-0.05, 0) is 25.1 Å². The van der Waals surface area contributed by atoms with Crippen LogP contribution in [0.15, 0.2) is 47.4 Å². The maximum absolute atomic E-state index is 12.5. The maximum Gasteiger partial charge on any atom is 0.271 e. The van der Waals surface area contributed by atoms with Crippen molar-refractivity contribution in [3.8, 4) is 0 Å². The lowest BCUT2D eigenvalue weighted by atomic mass is 10.2. The molecule has 0 bridgehead atoms. The van der Waals surface area contributed by atoms with Crippen molar-refractivity contribution < 1.29 is 23.2 Å². The number of benzene rings is 2. The number of anilines is 2. The zero-order valence-electron chi connectivity index (χ0n) is 13.8. The second-order valence-electron chi connectivity index (χ2n) is 5.32. The molecule has 0 saturated carbocycles. The van der Waals surface area contributed by atoms with Crippen LogP contribution in [0, 0.1) is 10.1 Å². The summed E-state index contributed by atoms with van der Waals surface area (Å²) >= 11 is 0. The van der Waals surface area contributed by atoms with E-state index in [0.717, 1.165) is 6.07 Å². The van der Waals surface area contributed by atoms with E-state index in [1.807, 2.05) is 0 Å². The minimum atomic E-state index is -4.03. The standard InChI is InChI=1S/C16H17N3O6S/c1-11(21)12-2-5-14(6-3-12)26(24,25)18-16-10-13(19(22)23)4-7-15(16)17-8-9-20/h2-7,10,17-18,20H,8-9H2,1H3. The SMILES string of the molecule is CC(=O)c1ccc(S(=O)(=O)Nc2cc([N+](=O)[O-])ccc2NCCO)cc1. The summed E-state index contributed by atoms with van der Waals surface area (Å²) in [5.74, 6) is -0.198. The van der Waals surface area contributed by atoms with E-state index in [2.05, 4.69) is 10.0 Å². The summed E-state index contributed by atoms with van der Waals surface area (Å²) in [6.07, 6.45) is 0. The van der Waals surface area contributed by atoms with E-state index in [4.69, 9.17) is 5.11 Å². The van der Waals surface area contributed by atoms with Gasteiger partial charge in [0, 0.05) is 24.2 Å². The van der Waals surface area contributed by atoms with Crippen LogP contribution in [-0.4, -0.2) is 37.4 Å². The number of hydrogen-bond acceptors (Lipinski definition) is 7. The van der Waals surface area contributed by atoms with E-state index in [-0.39, 0.29) is 40.9 Å². The number of nitro benzene ring substituents is 1.